The third-order valence-electron chi connectivity index (χ3n) is 4.58. The topological polar surface area (TPSA) is 71.4 Å². The number of piperidine rings is 1. The summed E-state index contributed by atoms with van der Waals surface area (Å²) in [7, 11) is -3.52. The number of amides is 1. The molecule has 1 N–H and O–H groups in total. The highest BCUT2D eigenvalue weighted by Gasteiger charge is 2.28. The van der Waals surface area contributed by atoms with E-state index in [1.807, 2.05) is 23.8 Å². The van der Waals surface area contributed by atoms with E-state index >= 15 is 0 Å². The number of nitrogens with zero attached hydrogens (tertiary/aromatic N) is 2. The number of halogens is 1. The standard InChI is InChI=1S/C18H22BrN3O3S/c1-2-21-13-14(19)12-17(21)18(23)22-10-8-15(9-11-22)20-26(24,25)16-6-4-3-5-7-16/h3-7,12-13,15,20H,2,8-11H2,1H3. The fourth-order valence-corrected chi connectivity index (χ4v) is 4.96. The van der Waals surface area contributed by atoms with Crippen molar-refractivity contribution in [1.82, 2.24) is 14.2 Å². The second kappa shape index (κ2) is 7.94. The molecule has 1 aromatic heterocycles. The van der Waals surface area contributed by atoms with Crippen molar-refractivity contribution in [2.75, 3.05) is 13.1 Å². The predicted octanol–water partition coefficient (Wildman–Crippen LogP) is 2.85. The Kier molecular flexibility index (Phi) is 5.84. The Hall–Kier alpha value is -1.64. The number of likely N-dealkylation sites (tertiary alicyclic amines) is 1. The molecule has 1 fully saturated rings. The molecule has 2 heterocycles. The molecule has 1 aliphatic heterocycles. The molecule has 0 atom stereocenters. The van der Waals surface area contributed by atoms with Gasteiger partial charge < -0.3 is 9.47 Å². The Balaban J connectivity index is 1.61. The summed E-state index contributed by atoms with van der Waals surface area (Å²) in [6.45, 7) is 3.79. The van der Waals surface area contributed by atoms with Gasteiger partial charge in [0.2, 0.25) is 10.0 Å². The fourth-order valence-electron chi connectivity index (χ4n) is 3.16. The summed E-state index contributed by atoms with van der Waals surface area (Å²) in [6.07, 6.45) is 3.10. The lowest BCUT2D eigenvalue weighted by atomic mass is 10.1. The Bertz CT molecular complexity index is 872. The lowest BCUT2D eigenvalue weighted by Gasteiger charge is -2.32. The van der Waals surface area contributed by atoms with Crippen LogP contribution in [-0.2, 0) is 16.6 Å². The van der Waals surface area contributed by atoms with E-state index in [0.29, 0.717) is 31.6 Å². The van der Waals surface area contributed by atoms with Gasteiger partial charge in [-0.2, -0.15) is 0 Å². The third-order valence-corrected chi connectivity index (χ3v) is 6.55. The highest BCUT2D eigenvalue weighted by molar-refractivity contribution is 9.10. The number of carbonyl (C=O) groups is 1. The molecule has 0 aliphatic carbocycles. The van der Waals surface area contributed by atoms with Crippen LogP contribution < -0.4 is 4.72 Å². The van der Waals surface area contributed by atoms with Crippen molar-refractivity contribution in [3.8, 4) is 0 Å². The molecule has 8 heteroatoms. The van der Waals surface area contributed by atoms with Gasteiger partial charge in [-0.1, -0.05) is 18.2 Å². The number of aromatic nitrogens is 1. The van der Waals surface area contributed by atoms with Crippen molar-refractivity contribution in [3.05, 3.63) is 52.8 Å². The van der Waals surface area contributed by atoms with Crippen LogP contribution in [0.2, 0.25) is 0 Å². The summed E-state index contributed by atoms with van der Waals surface area (Å²) >= 11 is 3.41. The summed E-state index contributed by atoms with van der Waals surface area (Å²) < 4.78 is 30.4. The molecule has 1 amide bonds. The van der Waals surface area contributed by atoms with Crippen molar-refractivity contribution in [2.24, 2.45) is 0 Å². The molecule has 26 heavy (non-hydrogen) atoms. The first-order chi connectivity index (χ1) is 12.4. The molecule has 1 saturated heterocycles. The SMILES string of the molecule is CCn1cc(Br)cc1C(=O)N1CCC(NS(=O)(=O)c2ccccc2)CC1. The van der Waals surface area contributed by atoms with E-state index < -0.39 is 10.0 Å². The highest BCUT2D eigenvalue weighted by Crippen LogP contribution is 2.20. The van der Waals surface area contributed by atoms with E-state index in [4.69, 9.17) is 0 Å². The molecular formula is C18H22BrN3O3S. The molecular weight excluding hydrogens is 418 g/mol. The smallest absolute Gasteiger partial charge is 0.270 e. The highest BCUT2D eigenvalue weighted by atomic mass is 79.9. The van der Waals surface area contributed by atoms with Crippen LogP contribution in [0.1, 0.15) is 30.3 Å². The fraction of sp³-hybridized carbons (Fsp3) is 0.389. The molecule has 1 aliphatic rings. The van der Waals surface area contributed by atoms with E-state index in [-0.39, 0.29) is 16.8 Å². The van der Waals surface area contributed by atoms with E-state index in [1.54, 1.807) is 35.2 Å². The number of hydrogen-bond acceptors (Lipinski definition) is 3. The number of carbonyl (C=O) groups excluding carboxylic acids is 1. The van der Waals surface area contributed by atoms with E-state index in [9.17, 15) is 13.2 Å². The number of nitrogens with one attached hydrogen (secondary N) is 1. The summed E-state index contributed by atoms with van der Waals surface area (Å²) in [5, 5.41) is 0. The first-order valence-corrected chi connectivity index (χ1v) is 10.9. The number of sulfonamides is 1. The van der Waals surface area contributed by atoms with Crippen LogP contribution in [0.5, 0.6) is 0 Å². The Labute approximate surface area is 162 Å². The molecule has 0 radical (unpaired) electrons. The van der Waals surface area contributed by atoms with Crippen LogP contribution in [0.25, 0.3) is 0 Å². The van der Waals surface area contributed by atoms with Crippen LogP contribution in [0, 0.1) is 0 Å². The molecule has 0 unspecified atom stereocenters. The minimum Gasteiger partial charge on any atom is -0.343 e. The summed E-state index contributed by atoms with van der Waals surface area (Å²) in [4.78, 5) is 14.8. The largest absolute Gasteiger partial charge is 0.343 e. The first kappa shape index (κ1) is 19.1. The summed E-state index contributed by atoms with van der Waals surface area (Å²) in [5.41, 5.74) is 0.655. The number of benzene rings is 1. The maximum Gasteiger partial charge on any atom is 0.270 e. The van der Waals surface area contributed by atoms with Gasteiger partial charge in [-0.05, 0) is 53.9 Å². The van der Waals surface area contributed by atoms with Gasteiger partial charge in [0.05, 0.1) is 4.90 Å². The zero-order valence-corrected chi connectivity index (χ0v) is 17.0. The first-order valence-electron chi connectivity index (χ1n) is 8.63. The second-order valence-electron chi connectivity index (χ2n) is 6.33. The van der Waals surface area contributed by atoms with Gasteiger partial charge in [0, 0.05) is 36.3 Å². The maximum absolute atomic E-state index is 12.8. The normalized spacial score (nSPS) is 16.0. The van der Waals surface area contributed by atoms with Crippen LogP contribution in [0.15, 0.2) is 52.0 Å². The molecule has 0 spiro atoms. The van der Waals surface area contributed by atoms with Gasteiger partial charge in [-0.3, -0.25) is 4.79 Å². The molecule has 6 nitrogen and oxygen atoms in total. The van der Waals surface area contributed by atoms with Gasteiger partial charge in [-0.15, -0.1) is 0 Å². The molecule has 1 aromatic carbocycles. The van der Waals surface area contributed by atoms with Gasteiger partial charge in [0.1, 0.15) is 5.69 Å². The number of rotatable bonds is 5. The van der Waals surface area contributed by atoms with E-state index in [2.05, 4.69) is 20.7 Å². The van der Waals surface area contributed by atoms with Gasteiger partial charge in [0.25, 0.3) is 5.91 Å². The average Bonchev–Trinajstić information content (AvgIpc) is 3.03. The molecule has 3 rings (SSSR count). The number of hydrogen-bond donors (Lipinski definition) is 1. The molecule has 2 aromatic rings. The number of aryl methyl sites for hydroxylation is 1. The minimum absolute atomic E-state index is 0.0121. The monoisotopic (exact) mass is 439 g/mol. The van der Waals surface area contributed by atoms with Crippen molar-refractivity contribution >= 4 is 31.9 Å². The maximum atomic E-state index is 12.8. The van der Waals surface area contributed by atoms with Crippen molar-refractivity contribution in [2.45, 2.75) is 37.2 Å². The predicted molar refractivity (Wildman–Crippen MR) is 103 cm³/mol. The van der Waals surface area contributed by atoms with Gasteiger partial charge in [-0.25, -0.2) is 13.1 Å². The van der Waals surface area contributed by atoms with Crippen molar-refractivity contribution < 1.29 is 13.2 Å². The summed E-state index contributed by atoms with van der Waals surface area (Å²) in [5.74, 6) is -0.0121. The van der Waals surface area contributed by atoms with Gasteiger partial charge >= 0.3 is 0 Å². The Morgan fingerprint density at radius 3 is 2.50 bits per heavy atom. The molecule has 140 valence electrons. The van der Waals surface area contributed by atoms with Crippen LogP contribution in [0.4, 0.5) is 0 Å². The van der Waals surface area contributed by atoms with Crippen LogP contribution >= 0.6 is 15.9 Å². The van der Waals surface area contributed by atoms with Crippen LogP contribution in [0.3, 0.4) is 0 Å². The second-order valence-corrected chi connectivity index (χ2v) is 8.96. The van der Waals surface area contributed by atoms with Gasteiger partial charge in [0.15, 0.2) is 0 Å². The summed E-state index contributed by atoms with van der Waals surface area (Å²) in [6, 6.07) is 10.0. The third kappa shape index (κ3) is 4.19. The average molecular weight is 440 g/mol. The Morgan fingerprint density at radius 2 is 1.88 bits per heavy atom. The van der Waals surface area contributed by atoms with E-state index in [0.717, 1.165) is 11.0 Å². The molecule has 0 saturated carbocycles. The van der Waals surface area contributed by atoms with Crippen LogP contribution in [-0.4, -0.2) is 42.9 Å². The Morgan fingerprint density at radius 1 is 1.23 bits per heavy atom. The molecule has 0 bridgehead atoms. The van der Waals surface area contributed by atoms with Crippen molar-refractivity contribution in [3.63, 3.8) is 0 Å². The zero-order valence-electron chi connectivity index (χ0n) is 14.6. The quantitative estimate of drug-likeness (QED) is 0.778. The minimum atomic E-state index is -3.52. The lowest BCUT2D eigenvalue weighted by molar-refractivity contribution is 0.0700. The van der Waals surface area contributed by atoms with Crippen molar-refractivity contribution in [1.29, 1.82) is 0 Å². The zero-order chi connectivity index (χ0) is 18.7. The van der Waals surface area contributed by atoms with E-state index in [1.165, 1.54) is 0 Å². The lowest BCUT2D eigenvalue weighted by Crippen LogP contribution is -2.46.